The van der Waals surface area contributed by atoms with E-state index in [0.29, 0.717) is 17.9 Å². The summed E-state index contributed by atoms with van der Waals surface area (Å²) >= 11 is 0. The molecule has 152 valence electrons. The highest BCUT2D eigenvalue weighted by Crippen LogP contribution is 2.30. The molecular weight excluding hydrogens is 380 g/mol. The number of carbonyl (C=O) groups excluding carboxylic acids is 1. The van der Waals surface area contributed by atoms with Crippen molar-refractivity contribution in [1.29, 1.82) is 0 Å². The lowest BCUT2D eigenvalue weighted by Gasteiger charge is -2.32. The summed E-state index contributed by atoms with van der Waals surface area (Å²) in [6.45, 7) is 1.84. The fourth-order valence-corrected chi connectivity index (χ4v) is 5.00. The van der Waals surface area contributed by atoms with Crippen LogP contribution < -0.4 is 14.7 Å². The number of nitrogens with zero attached hydrogens (tertiary/aromatic N) is 1. The Bertz CT molecular complexity index is 872. The summed E-state index contributed by atoms with van der Waals surface area (Å²) in [7, 11) is -3.64. The molecule has 1 aliphatic rings. The summed E-state index contributed by atoms with van der Waals surface area (Å²) in [4.78, 5) is 13.0. The molecule has 1 heterocycles. The average molecular weight is 405 g/mol. The second-order valence-electron chi connectivity index (χ2n) is 7.03. The van der Waals surface area contributed by atoms with Crippen molar-refractivity contribution in [2.45, 2.75) is 62.4 Å². The lowest BCUT2D eigenvalue weighted by molar-refractivity contribution is -0.247. The molecule has 0 aliphatic heterocycles. The largest absolute Gasteiger partial charge is 0.530 e. The Kier molecular flexibility index (Phi) is 6.41. The molecule has 7 nitrogen and oxygen atoms in total. The lowest BCUT2D eigenvalue weighted by atomic mass is 9.96. The molecule has 1 saturated carbocycles. The molecule has 8 heteroatoms. The Morgan fingerprint density at radius 1 is 1.21 bits per heavy atom. The molecule has 1 aromatic heterocycles. The molecule has 1 atom stereocenters. The summed E-state index contributed by atoms with van der Waals surface area (Å²) in [5, 5.41) is 11.8. The Morgan fingerprint density at radius 2 is 1.89 bits per heavy atom. The van der Waals surface area contributed by atoms with E-state index in [1.165, 1.54) is 30.5 Å². The van der Waals surface area contributed by atoms with E-state index in [9.17, 15) is 18.3 Å². The zero-order valence-electron chi connectivity index (χ0n) is 15.8. The molecule has 2 aromatic rings. The van der Waals surface area contributed by atoms with Crippen LogP contribution in [0.2, 0.25) is 0 Å². The van der Waals surface area contributed by atoms with Gasteiger partial charge >= 0.3 is 0 Å². The standard InChI is InChI=1S/C20H26N2O5S/c1-2-18(19-9-6-14-27-19)22(20(23)24)16-10-12-17(13-11-16)28(25,26)21-15-7-4-3-5-8-15/h6,9-15,18,21H,2-5,7-8H2,1H3,(H,23,24)/p-1. The van der Waals surface area contributed by atoms with Crippen LogP contribution in [-0.4, -0.2) is 20.6 Å². The zero-order valence-corrected chi connectivity index (χ0v) is 16.7. The van der Waals surface area contributed by atoms with Crippen LogP contribution in [0.25, 0.3) is 0 Å². The van der Waals surface area contributed by atoms with Crippen molar-refractivity contribution in [1.82, 2.24) is 4.72 Å². The zero-order chi connectivity index (χ0) is 20.1. The number of sulfonamides is 1. The minimum Gasteiger partial charge on any atom is -0.530 e. The van der Waals surface area contributed by atoms with E-state index in [0.717, 1.165) is 37.0 Å². The number of hydrogen-bond acceptors (Lipinski definition) is 5. The van der Waals surface area contributed by atoms with E-state index in [2.05, 4.69) is 4.72 Å². The molecule has 0 bridgehead atoms. The molecule has 1 N–H and O–H groups in total. The molecule has 1 aromatic carbocycles. The van der Waals surface area contributed by atoms with Crippen molar-refractivity contribution in [3.05, 3.63) is 48.4 Å². The third-order valence-corrected chi connectivity index (χ3v) is 6.66. The molecule has 1 amide bonds. The van der Waals surface area contributed by atoms with Crippen LogP contribution >= 0.6 is 0 Å². The van der Waals surface area contributed by atoms with Crippen molar-refractivity contribution in [2.24, 2.45) is 0 Å². The van der Waals surface area contributed by atoms with E-state index >= 15 is 0 Å². The highest BCUT2D eigenvalue weighted by atomic mass is 32.2. The summed E-state index contributed by atoms with van der Waals surface area (Å²) in [5.41, 5.74) is 0.333. The number of anilines is 1. The van der Waals surface area contributed by atoms with Crippen LogP contribution in [0.4, 0.5) is 10.5 Å². The second-order valence-corrected chi connectivity index (χ2v) is 8.74. The molecular formula is C20H25N2O5S-. The van der Waals surface area contributed by atoms with Crippen molar-refractivity contribution >= 4 is 21.8 Å². The smallest absolute Gasteiger partial charge is 0.240 e. The predicted molar refractivity (Wildman–Crippen MR) is 103 cm³/mol. The molecule has 0 radical (unpaired) electrons. The fraction of sp³-hybridized carbons (Fsp3) is 0.450. The van der Waals surface area contributed by atoms with E-state index in [4.69, 9.17) is 4.42 Å². The van der Waals surface area contributed by atoms with Gasteiger partial charge in [-0.2, -0.15) is 0 Å². The van der Waals surface area contributed by atoms with E-state index in [1.54, 1.807) is 12.1 Å². The van der Waals surface area contributed by atoms with Crippen molar-refractivity contribution < 1.29 is 22.7 Å². The van der Waals surface area contributed by atoms with Gasteiger partial charge in [0.15, 0.2) is 0 Å². The van der Waals surface area contributed by atoms with Gasteiger partial charge in [0.2, 0.25) is 10.0 Å². The quantitative estimate of drug-likeness (QED) is 0.762. The van der Waals surface area contributed by atoms with Crippen LogP contribution in [0.15, 0.2) is 52.0 Å². The molecule has 1 unspecified atom stereocenters. The van der Waals surface area contributed by atoms with Gasteiger partial charge in [-0.15, -0.1) is 0 Å². The van der Waals surface area contributed by atoms with Gasteiger partial charge in [-0.1, -0.05) is 26.2 Å². The first-order valence-corrected chi connectivity index (χ1v) is 11.1. The van der Waals surface area contributed by atoms with Gasteiger partial charge in [-0.25, -0.2) is 13.1 Å². The summed E-state index contributed by atoms with van der Waals surface area (Å²) in [6, 6.07) is 8.61. The first-order chi connectivity index (χ1) is 13.4. The van der Waals surface area contributed by atoms with Crippen LogP contribution in [0, 0.1) is 0 Å². The van der Waals surface area contributed by atoms with Gasteiger partial charge in [-0.3, -0.25) is 0 Å². The topological polar surface area (TPSA) is 103 Å². The number of furan rings is 1. The Balaban J connectivity index is 1.82. The van der Waals surface area contributed by atoms with Gasteiger partial charge in [0, 0.05) is 11.7 Å². The first-order valence-electron chi connectivity index (χ1n) is 9.58. The maximum Gasteiger partial charge on any atom is 0.240 e. The molecule has 3 rings (SSSR count). The van der Waals surface area contributed by atoms with Crippen molar-refractivity contribution in [3.8, 4) is 0 Å². The monoisotopic (exact) mass is 405 g/mol. The number of hydrogen-bond donors (Lipinski definition) is 1. The molecule has 28 heavy (non-hydrogen) atoms. The number of nitrogens with one attached hydrogen (secondary N) is 1. The maximum absolute atomic E-state index is 12.6. The highest BCUT2D eigenvalue weighted by Gasteiger charge is 2.25. The average Bonchev–Trinajstić information content (AvgIpc) is 3.20. The van der Waals surface area contributed by atoms with Gasteiger partial charge < -0.3 is 19.2 Å². The SMILES string of the molecule is CCC(c1ccco1)N(C(=O)[O-])c1ccc(S(=O)(=O)NC2CCCCC2)cc1. The van der Waals surface area contributed by atoms with Gasteiger partial charge in [0.25, 0.3) is 0 Å². The number of carboxylic acid groups (broad SMARTS) is 1. The number of benzene rings is 1. The third kappa shape index (κ3) is 4.56. The van der Waals surface area contributed by atoms with E-state index in [1.807, 2.05) is 6.92 Å². The summed E-state index contributed by atoms with van der Waals surface area (Å²) < 4.78 is 33.4. The lowest BCUT2D eigenvalue weighted by Crippen LogP contribution is -2.43. The van der Waals surface area contributed by atoms with E-state index < -0.39 is 22.2 Å². The molecule has 0 saturated heterocycles. The minimum absolute atomic E-state index is 0.0402. The van der Waals surface area contributed by atoms with Gasteiger partial charge in [0.1, 0.15) is 11.9 Å². The number of amides is 1. The van der Waals surface area contributed by atoms with Crippen LogP contribution in [0.3, 0.4) is 0 Å². The second kappa shape index (κ2) is 8.79. The molecule has 0 spiro atoms. The van der Waals surface area contributed by atoms with Crippen molar-refractivity contribution in [3.63, 3.8) is 0 Å². The Labute approximate surface area is 165 Å². The molecule has 1 fully saturated rings. The Morgan fingerprint density at radius 3 is 2.43 bits per heavy atom. The van der Waals surface area contributed by atoms with Crippen LogP contribution in [0.5, 0.6) is 0 Å². The molecule has 1 aliphatic carbocycles. The summed E-state index contributed by atoms with van der Waals surface area (Å²) in [5.74, 6) is 0.502. The first kappa shape index (κ1) is 20.4. The predicted octanol–water partition coefficient (Wildman–Crippen LogP) is 3.19. The minimum atomic E-state index is -3.64. The number of carbonyl (C=O) groups is 1. The highest BCUT2D eigenvalue weighted by molar-refractivity contribution is 7.89. The third-order valence-electron chi connectivity index (χ3n) is 5.12. The fourth-order valence-electron chi connectivity index (χ4n) is 3.70. The van der Waals surface area contributed by atoms with Crippen LogP contribution in [-0.2, 0) is 10.0 Å². The van der Waals surface area contributed by atoms with E-state index in [-0.39, 0.29) is 10.9 Å². The maximum atomic E-state index is 12.6. The van der Waals surface area contributed by atoms with Crippen molar-refractivity contribution in [2.75, 3.05) is 4.90 Å². The van der Waals surface area contributed by atoms with Gasteiger partial charge in [0.05, 0.1) is 17.2 Å². The van der Waals surface area contributed by atoms with Gasteiger partial charge in [-0.05, 0) is 55.7 Å². The summed E-state index contributed by atoms with van der Waals surface area (Å²) in [6.07, 6.45) is 5.46. The Hall–Kier alpha value is -2.32. The van der Waals surface area contributed by atoms with Crippen LogP contribution in [0.1, 0.15) is 57.3 Å². The number of rotatable bonds is 7. The normalized spacial score (nSPS) is 16.6.